The number of carbonyl (C=O) groups excluding carboxylic acids is 1. The Morgan fingerprint density at radius 2 is 1.83 bits per heavy atom. The van der Waals surface area contributed by atoms with Gasteiger partial charge in [0.1, 0.15) is 11.9 Å². The van der Waals surface area contributed by atoms with Crippen LogP contribution in [0, 0.1) is 0 Å². The van der Waals surface area contributed by atoms with Gasteiger partial charge in [-0.1, -0.05) is 42.8 Å². The topological polar surface area (TPSA) is 76.8 Å². The molecule has 7 nitrogen and oxygen atoms in total. The molecule has 6 rings (SSSR count). The van der Waals surface area contributed by atoms with E-state index < -0.39 is 6.10 Å². The predicted molar refractivity (Wildman–Crippen MR) is 135 cm³/mol. The maximum absolute atomic E-state index is 13.4. The molecule has 36 heavy (non-hydrogen) atoms. The Balaban J connectivity index is 1.15. The molecule has 3 heterocycles. The largest absolute Gasteiger partial charge is 0.487 e. The van der Waals surface area contributed by atoms with E-state index in [4.69, 9.17) is 9.47 Å². The van der Waals surface area contributed by atoms with E-state index in [1.807, 2.05) is 40.0 Å². The molecule has 2 fully saturated rings. The van der Waals surface area contributed by atoms with Gasteiger partial charge in [0.05, 0.1) is 17.4 Å². The van der Waals surface area contributed by atoms with E-state index in [2.05, 4.69) is 29.4 Å². The molecule has 1 aliphatic carbocycles. The second kappa shape index (κ2) is 10.1. The molecule has 1 saturated heterocycles. The third kappa shape index (κ3) is 4.53. The molecule has 1 amide bonds. The zero-order chi connectivity index (χ0) is 24.5. The first-order valence-corrected chi connectivity index (χ1v) is 13.2. The lowest BCUT2D eigenvalue weighted by atomic mass is 9.94. The number of ether oxygens (including phenoxy) is 2. The van der Waals surface area contributed by atoms with E-state index in [-0.39, 0.29) is 18.2 Å². The van der Waals surface area contributed by atoms with Crippen LogP contribution in [-0.4, -0.2) is 44.5 Å². The predicted octanol–water partition coefficient (Wildman–Crippen LogP) is 5.09. The van der Waals surface area contributed by atoms with Crippen LogP contribution in [-0.2, 0) is 17.8 Å². The van der Waals surface area contributed by atoms with Crippen LogP contribution in [0.5, 0.6) is 5.75 Å². The molecule has 7 heteroatoms. The molecule has 1 N–H and O–H groups in total. The Kier molecular flexibility index (Phi) is 6.50. The second-order valence-corrected chi connectivity index (χ2v) is 10.1. The highest BCUT2D eigenvalue weighted by molar-refractivity contribution is 6.01. The third-order valence-corrected chi connectivity index (χ3v) is 7.64. The van der Waals surface area contributed by atoms with Crippen molar-refractivity contribution in [2.75, 3.05) is 6.61 Å². The first kappa shape index (κ1) is 23.3. The summed E-state index contributed by atoms with van der Waals surface area (Å²) in [5.74, 6) is 0.585. The first-order valence-electron chi connectivity index (χ1n) is 13.2. The van der Waals surface area contributed by atoms with Crippen LogP contribution < -0.4 is 4.74 Å². The fourth-order valence-electron chi connectivity index (χ4n) is 5.68. The molecule has 0 spiro atoms. The number of amides is 1. The molecule has 3 atom stereocenters. The van der Waals surface area contributed by atoms with E-state index in [0.29, 0.717) is 24.4 Å². The summed E-state index contributed by atoms with van der Waals surface area (Å²) in [6.45, 7) is 1.87. The zero-order valence-electron chi connectivity index (χ0n) is 20.5. The van der Waals surface area contributed by atoms with E-state index in [1.54, 1.807) is 0 Å². The van der Waals surface area contributed by atoms with Crippen molar-refractivity contribution >= 4 is 5.91 Å². The van der Waals surface area contributed by atoms with Gasteiger partial charge in [-0.15, -0.1) is 0 Å². The third-order valence-electron chi connectivity index (χ3n) is 7.64. The van der Waals surface area contributed by atoms with Gasteiger partial charge in [0.15, 0.2) is 6.23 Å². The normalized spacial score (nSPS) is 24.1. The molecule has 3 aromatic rings. The van der Waals surface area contributed by atoms with Gasteiger partial charge < -0.3 is 19.5 Å². The summed E-state index contributed by atoms with van der Waals surface area (Å²) in [4.78, 5) is 15.2. The lowest BCUT2D eigenvalue weighted by molar-refractivity contribution is -0.0383. The minimum absolute atomic E-state index is 0.00436. The Morgan fingerprint density at radius 3 is 2.64 bits per heavy atom. The fourth-order valence-corrected chi connectivity index (χ4v) is 5.68. The Bertz CT molecular complexity index is 1220. The molecule has 0 bridgehead atoms. The minimum Gasteiger partial charge on any atom is -0.487 e. The summed E-state index contributed by atoms with van der Waals surface area (Å²) >= 11 is 0. The summed E-state index contributed by atoms with van der Waals surface area (Å²) < 4.78 is 14.1. The molecule has 2 aliphatic heterocycles. The van der Waals surface area contributed by atoms with E-state index in [9.17, 15) is 9.90 Å². The van der Waals surface area contributed by atoms with E-state index in [0.717, 1.165) is 73.9 Å². The molecule has 1 aromatic heterocycles. The van der Waals surface area contributed by atoms with E-state index >= 15 is 0 Å². The summed E-state index contributed by atoms with van der Waals surface area (Å²) in [6, 6.07) is 16.2. The molecule has 3 unspecified atom stereocenters. The highest BCUT2D eigenvalue weighted by Crippen LogP contribution is 2.35. The summed E-state index contributed by atoms with van der Waals surface area (Å²) in [5, 5.41) is 14.9. The molecular weight excluding hydrogens is 454 g/mol. The van der Waals surface area contributed by atoms with Gasteiger partial charge in [0.2, 0.25) is 0 Å². The summed E-state index contributed by atoms with van der Waals surface area (Å²) in [5.41, 5.74) is 4.83. The molecule has 2 aromatic carbocycles. The highest BCUT2D eigenvalue weighted by Gasteiger charge is 2.33. The number of carbonyl (C=O) groups is 1. The molecule has 0 radical (unpaired) electrons. The number of aromatic nitrogens is 2. The van der Waals surface area contributed by atoms with Gasteiger partial charge in [-0.05, 0) is 67.3 Å². The van der Waals surface area contributed by atoms with Gasteiger partial charge in [-0.2, -0.15) is 5.10 Å². The van der Waals surface area contributed by atoms with Crippen molar-refractivity contribution in [3.63, 3.8) is 0 Å². The van der Waals surface area contributed by atoms with E-state index in [1.165, 1.54) is 0 Å². The van der Waals surface area contributed by atoms with Crippen LogP contribution in [0.1, 0.15) is 72.7 Å². The second-order valence-electron chi connectivity index (χ2n) is 10.1. The van der Waals surface area contributed by atoms with Crippen LogP contribution >= 0.6 is 0 Å². The van der Waals surface area contributed by atoms with Crippen molar-refractivity contribution < 1.29 is 19.4 Å². The van der Waals surface area contributed by atoms with Crippen LogP contribution in [0.15, 0.2) is 54.7 Å². The Hall–Kier alpha value is -3.16. The minimum atomic E-state index is -0.471. The first-order chi connectivity index (χ1) is 17.7. The van der Waals surface area contributed by atoms with Crippen molar-refractivity contribution in [2.24, 2.45) is 0 Å². The average molecular weight is 488 g/mol. The number of rotatable bonds is 6. The van der Waals surface area contributed by atoms with Gasteiger partial charge in [0, 0.05) is 25.9 Å². The molecule has 188 valence electrons. The van der Waals surface area contributed by atoms with Crippen LogP contribution in [0.25, 0.3) is 11.3 Å². The maximum Gasteiger partial charge on any atom is 0.258 e. The van der Waals surface area contributed by atoms with Crippen molar-refractivity contribution in [3.8, 4) is 17.0 Å². The standard InChI is InChI=1S/C29H33N3O4/c33-24-7-1-2-8-25(24)36-26-9-5-6-22-19-31(29(34)28(22)26)18-20-11-13-21(14-12-20)23-15-16-30-32(23)27-10-3-4-17-35-27/h5-6,9,11-16,24-25,27,33H,1-4,7-8,10,17-19H2. The number of aliphatic hydroxyl groups is 1. The summed E-state index contributed by atoms with van der Waals surface area (Å²) in [6.07, 6.45) is 8.00. The van der Waals surface area contributed by atoms with Gasteiger partial charge in [-0.3, -0.25) is 4.79 Å². The van der Waals surface area contributed by atoms with Crippen molar-refractivity contribution in [1.29, 1.82) is 0 Å². The van der Waals surface area contributed by atoms with Crippen molar-refractivity contribution in [3.05, 3.63) is 71.4 Å². The quantitative estimate of drug-likeness (QED) is 0.524. The smallest absolute Gasteiger partial charge is 0.258 e. The fraction of sp³-hybridized carbons (Fsp3) is 0.448. The van der Waals surface area contributed by atoms with Crippen LogP contribution in [0.4, 0.5) is 0 Å². The molecule has 3 aliphatic rings. The zero-order valence-corrected chi connectivity index (χ0v) is 20.5. The number of benzene rings is 2. The van der Waals surface area contributed by atoms with Gasteiger partial charge >= 0.3 is 0 Å². The Morgan fingerprint density at radius 1 is 1.00 bits per heavy atom. The maximum atomic E-state index is 13.4. The lowest BCUT2D eigenvalue weighted by Gasteiger charge is -2.28. The van der Waals surface area contributed by atoms with Gasteiger partial charge in [-0.25, -0.2) is 4.68 Å². The number of hydrogen-bond donors (Lipinski definition) is 1. The van der Waals surface area contributed by atoms with Crippen LogP contribution in [0.2, 0.25) is 0 Å². The summed E-state index contributed by atoms with van der Waals surface area (Å²) in [7, 11) is 0. The molecule has 1 saturated carbocycles. The Labute approximate surface area is 211 Å². The number of nitrogens with zero attached hydrogens (tertiary/aromatic N) is 3. The monoisotopic (exact) mass is 487 g/mol. The van der Waals surface area contributed by atoms with Gasteiger partial charge in [0.25, 0.3) is 5.91 Å². The van der Waals surface area contributed by atoms with Crippen molar-refractivity contribution in [1.82, 2.24) is 14.7 Å². The SMILES string of the molecule is O=C1c2c(cccc2OC2CCCCC2O)CN1Cc1ccc(-c2ccnn2C2CCCCO2)cc1. The number of hydrogen-bond acceptors (Lipinski definition) is 5. The lowest BCUT2D eigenvalue weighted by Crippen LogP contribution is -2.35. The molecular formula is C29H33N3O4. The highest BCUT2D eigenvalue weighted by atomic mass is 16.5. The number of fused-ring (bicyclic) bond motifs is 1. The van der Waals surface area contributed by atoms with Crippen molar-refractivity contribution in [2.45, 2.75) is 76.5 Å². The van der Waals surface area contributed by atoms with Crippen LogP contribution in [0.3, 0.4) is 0 Å². The average Bonchev–Trinajstić information content (AvgIpc) is 3.52. The number of aliphatic hydroxyl groups excluding tert-OH is 1.